The summed E-state index contributed by atoms with van der Waals surface area (Å²) in [4.78, 5) is 19.1. The number of hydrogen-bond donors (Lipinski definition) is 1. The van der Waals surface area contributed by atoms with Crippen molar-refractivity contribution in [2.45, 2.75) is 52.1 Å². The monoisotopic (exact) mass is 479 g/mol. The maximum Gasteiger partial charge on any atom is 0.270 e. The van der Waals surface area contributed by atoms with Crippen LogP contribution in [0.2, 0.25) is 0 Å². The molecule has 1 aliphatic carbocycles. The lowest BCUT2D eigenvalue weighted by Crippen LogP contribution is -2.31. The molecule has 1 aromatic heterocycles. The Bertz CT molecular complexity index is 1330. The van der Waals surface area contributed by atoms with Gasteiger partial charge in [0.05, 0.1) is 12.6 Å². The SMILES string of the molecule is CCOc1ccc(-c2nc(-c3ccccc3)n(CC)c2C(=O)NC2CCCCc3ccccc32)cc1. The molecule has 1 atom stereocenters. The van der Waals surface area contributed by atoms with E-state index in [1.165, 1.54) is 11.1 Å². The Labute approximate surface area is 213 Å². The molecule has 0 saturated heterocycles. The van der Waals surface area contributed by atoms with Gasteiger partial charge < -0.3 is 14.6 Å². The number of aryl methyl sites for hydroxylation is 1. The highest BCUT2D eigenvalue weighted by Crippen LogP contribution is 2.33. The first-order valence-electron chi connectivity index (χ1n) is 13.0. The minimum Gasteiger partial charge on any atom is -0.494 e. The van der Waals surface area contributed by atoms with Gasteiger partial charge in [0.1, 0.15) is 23.0 Å². The van der Waals surface area contributed by atoms with Crippen molar-refractivity contribution in [2.24, 2.45) is 0 Å². The highest BCUT2D eigenvalue weighted by atomic mass is 16.5. The van der Waals surface area contributed by atoms with E-state index in [0.717, 1.165) is 48.4 Å². The Balaban J connectivity index is 1.58. The fraction of sp³-hybridized carbons (Fsp3) is 0.290. The zero-order valence-corrected chi connectivity index (χ0v) is 21.0. The second kappa shape index (κ2) is 10.8. The number of amides is 1. The van der Waals surface area contributed by atoms with E-state index in [2.05, 4.69) is 36.5 Å². The van der Waals surface area contributed by atoms with Crippen molar-refractivity contribution in [3.63, 3.8) is 0 Å². The number of hydrogen-bond acceptors (Lipinski definition) is 3. The summed E-state index contributed by atoms with van der Waals surface area (Å²) in [5.74, 6) is 1.52. The van der Waals surface area contributed by atoms with Gasteiger partial charge >= 0.3 is 0 Å². The third kappa shape index (κ3) is 4.78. The van der Waals surface area contributed by atoms with Crippen LogP contribution in [0.15, 0.2) is 78.9 Å². The molecule has 1 aliphatic rings. The Kier molecular flexibility index (Phi) is 7.17. The summed E-state index contributed by atoms with van der Waals surface area (Å²) in [5.41, 5.74) is 5.75. The number of aromatic nitrogens is 2. The molecule has 0 radical (unpaired) electrons. The van der Waals surface area contributed by atoms with Gasteiger partial charge in [0.2, 0.25) is 0 Å². The van der Waals surface area contributed by atoms with Crippen LogP contribution in [0.4, 0.5) is 0 Å². The number of fused-ring (bicyclic) bond motifs is 1. The van der Waals surface area contributed by atoms with Crippen LogP contribution in [-0.4, -0.2) is 22.1 Å². The van der Waals surface area contributed by atoms with Crippen LogP contribution in [0.1, 0.15) is 60.8 Å². The number of benzene rings is 3. The van der Waals surface area contributed by atoms with E-state index in [1.54, 1.807) is 0 Å². The average molecular weight is 480 g/mol. The number of rotatable bonds is 7. The summed E-state index contributed by atoms with van der Waals surface area (Å²) < 4.78 is 7.68. The minimum absolute atomic E-state index is 0.00948. The zero-order valence-electron chi connectivity index (χ0n) is 21.0. The van der Waals surface area contributed by atoms with Crippen LogP contribution >= 0.6 is 0 Å². The molecule has 5 heteroatoms. The molecule has 1 N–H and O–H groups in total. The smallest absolute Gasteiger partial charge is 0.270 e. The molecule has 0 aliphatic heterocycles. The zero-order chi connectivity index (χ0) is 24.9. The number of carbonyl (C=O) groups excluding carboxylic acids is 1. The first kappa shape index (κ1) is 23.9. The molecular weight excluding hydrogens is 446 g/mol. The van der Waals surface area contributed by atoms with Crippen LogP contribution in [0.25, 0.3) is 22.6 Å². The summed E-state index contributed by atoms with van der Waals surface area (Å²) in [6.07, 6.45) is 4.23. The first-order chi connectivity index (χ1) is 17.7. The number of carbonyl (C=O) groups is 1. The van der Waals surface area contributed by atoms with E-state index in [-0.39, 0.29) is 11.9 Å². The summed E-state index contributed by atoms with van der Waals surface area (Å²) in [7, 11) is 0. The lowest BCUT2D eigenvalue weighted by Gasteiger charge is -2.20. The molecule has 5 rings (SSSR count). The molecule has 0 saturated carbocycles. The quantitative estimate of drug-likeness (QED) is 0.296. The number of ether oxygens (including phenoxy) is 1. The van der Waals surface area contributed by atoms with Gasteiger partial charge in [0.25, 0.3) is 5.91 Å². The second-order valence-electron chi connectivity index (χ2n) is 9.17. The normalized spacial score (nSPS) is 15.1. The number of imidazole rings is 1. The van der Waals surface area contributed by atoms with Crippen molar-refractivity contribution in [1.29, 1.82) is 0 Å². The Morgan fingerprint density at radius 1 is 0.944 bits per heavy atom. The third-order valence-electron chi connectivity index (χ3n) is 6.89. The average Bonchev–Trinajstić information content (AvgIpc) is 3.20. The maximum atomic E-state index is 14.0. The van der Waals surface area contributed by atoms with Crippen LogP contribution in [0.5, 0.6) is 5.75 Å². The van der Waals surface area contributed by atoms with E-state index in [1.807, 2.05) is 66.1 Å². The van der Waals surface area contributed by atoms with E-state index in [0.29, 0.717) is 24.5 Å². The van der Waals surface area contributed by atoms with Crippen LogP contribution < -0.4 is 10.1 Å². The van der Waals surface area contributed by atoms with Crippen molar-refractivity contribution in [3.05, 3.63) is 95.7 Å². The lowest BCUT2D eigenvalue weighted by atomic mass is 9.99. The maximum absolute atomic E-state index is 14.0. The van der Waals surface area contributed by atoms with Crippen molar-refractivity contribution >= 4 is 5.91 Å². The summed E-state index contributed by atoms with van der Waals surface area (Å²) in [6.45, 7) is 5.28. The Hall–Kier alpha value is -3.86. The molecule has 3 aromatic carbocycles. The number of nitrogens with one attached hydrogen (secondary N) is 1. The summed E-state index contributed by atoms with van der Waals surface area (Å²) >= 11 is 0. The fourth-order valence-corrected chi connectivity index (χ4v) is 5.17. The molecule has 0 bridgehead atoms. The van der Waals surface area contributed by atoms with Crippen LogP contribution in [0.3, 0.4) is 0 Å². The predicted molar refractivity (Wildman–Crippen MR) is 144 cm³/mol. The van der Waals surface area contributed by atoms with Gasteiger partial charge in [0.15, 0.2) is 0 Å². The first-order valence-corrected chi connectivity index (χ1v) is 13.0. The van der Waals surface area contributed by atoms with Gasteiger partial charge in [-0.25, -0.2) is 4.98 Å². The van der Waals surface area contributed by atoms with Crippen molar-refractivity contribution in [1.82, 2.24) is 14.9 Å². The molecular formula is C31H33N3O2. The van der Waals surface area contributed by atoms with Gasteiger partial charge in [-0.15, -0.1) is 0 Å². The summed E-state index contributed by atoms with van der Waals surface area (Å²) in [5, 5.41) is 3.39. The van der Waals surface area contributed by atoms with Crippen molar-refractivity contribution in [2.75, 3.05) is 6.61 Å². The van der Waals surface area contributed by atoms with Gasteiger partial charge in [0, 0.05) is 17.7 Å². The highest BCUT2D eigenvalue weighted by molar-refractivity contribution is 6.00. The number of nitrogens with zero attached hydrogens (tertiary/aromatic N) is 2. The molecule has 1 unspecified atom stereocenters. The van der Waals surface area contributed by atoms with Crippen LogP contribution in [-0.2, 0) is 13.0 Å². The molecule has 1 amide bonds. The van der Waals surface area contributed by atoms with Crippen LogP contribution in [0, 0.1) is 0 Å². The van der Waals surface area contributed by atoms with Gasteiger partial charge in [-0.2, -0.15) is 0 Å². The minimum atomic E-state index is -0.0860. The molecule has 5 nitrogen and oxygen atoms in total. The largest absolute Gasteiger partial charge is 0.494 e. The van der Waals surface area contributed by atoms with Crippen molar-refractivity contribution in [3.8, 4) is 28.4 Å². The molecule has 4 aromatic rings. The van der Waals surface area contributed by atoms with Crippen molar-refractivity contribution < 1.29 is 9.53 Å². The Morgan fingerprint density at radius 2 is 1.69 bits per heavy atom. The van der Waals surface area contributed by atoms with E-state index < -0.39 is 0 Å². The molecule has 184 valence electrons. The topological polar surface area (TPSA) is 56.2 Å². The highest BCUT2D eigenvalue weighted by Gasteiger charge is 2.27. The van der Waals surface area contributed by atoms with E-state index in [4.69, 9.17) is 9.72 Å². The van der Waals surface area contributed by atoms with Gasteiger partial charge in [-0.3, -0.25) is 4.79 Å². The molecule has 36 heavy (non-hydrogen) atoms. The van der Waals surface area contributed by atoms with E-state index in [9.17, 15) is 4.79 Å². The Morgan fingerprint density at radius 3 is 2.44 bits per heavy atom. The standard InChI is InChI=1S/C31H33N3O2/c1-3-34-29(31(35)32-27-17-11-9-13-22-12-8-10-16-26(22)27)28(23-18-20-25(21-19-23)36-4-2)33-30(34)24-14-6-5-7-15-24/h5-8,10,12,14-16,18-21,27H,3-4,9,11,13,17H2,1-2H3,(H,32,35). The second-order valence-corrected chi connectivity index (χ2v) is 9.17. The lowest BCUT2D eigenvalue weighted by molar-refractivity contribution is 0.0926. The van der Waals surface area contributed by atoms with Gasteiger partial charge in [-0.1, -0.05) is 61.0 Å². The van der Waals surface area contributed by atoms with Gasteiger partial charge in [-0.05, 0) is 68.5 Å². The van der Waals surface area contributed by atoms with E-state index >= 15 is 0 Å². The fourth-order valence-electron chi connectivity index (χ4n) is 5.17. The predicted octanol–water partition coefficient (Wildman–Crippen LogP) is 6.83. The molecule has 0 fully saturated rings. The third-order valence-corrected chi connectivity index (χ3v) is 6.89. The molecule has 0 spiro atoms. The molecule has 1 heterocycles. The summed E-state index contributed by atoms with van der Waals surface area (Å²) in [6, 6.07) is 26.4.